The summed E-state index contributed by atoms with van der Waals surface area (Å²) >= 11 is 0. The Hall–Kier alpha value is -2.27. The monoisotopic (exact) mass is 227 g/mol. The molecule has 0 saturated heterocycles. The van der Waals surface area contributed by atoms with Crippen molar-refractivity contribution in [3.05, 3.63) is 42.4 Å². The number of hydrogen-bond acceptors (Lipinski definition) is 5. The fourth-order valence-corrected chi connectivity index (χ4v) is 1.71. The smallest absolute Gasteiger partial charge is 0.258 e. The van der Waals surface area contributed by atoms with Gasteiger partial charge in [-0.25, -0.2) is 0 Å². The number of rotatable bonds is 2. The number of aliphatic hydroxyl groups is 1. The molecule has 0 saturated carbocycles. The molecule has 1 aromatic carbocycles. The SMILES string of the molecule is OCc1noc(-c2ccnc3ccccc23)n1. The van der Waals surface area contributed by atoms with E-state index in [1.54, 1.807) is 6.20 Å². The van der Waals surface area contributed by atoms with Gasteiger partial charge in [0.2, 0.25) is 0 Å². The van der Waals surface area contributed by atoms with Gasteiger partial charge in [-0.05, 0) is 12.1 Å². The van der Waals surface area contributed by atoms with Crippen LogP contribution in [0.3, 0.4) is 0 Å². The molecule has 2 heterocycles. The lowest BCUT2D eigenvalue weighted by molar-refractivity contribution is 0.264. The molecule has 0 aliphatic rings. The Balaban J connectivity index is 2.23. The number of benzene rings is 1. The molecule has 3 rings (SSSR count). The molecule has 17 heavy (non-hydrogen) atoms. The highest BCUT2D eigenvalue weighted by molar-refractivity contribution is 5.91. The van der Waals surface area contributed by atoms with Gasteiger partial charge in [0.1, 0.15) is 6.61 Å². The topological polar surface area (TPSA) is 72.0 Å². The first-order valence-electron chi connectivity index (χ1n) is 5.16. The molecular weight excluding hydrogens is 218 g/mol. The number of hydrogen-bond donors (Lipinski definition) is 1. The maximum Gasteiger partial charge on any atom is 0.258 e. The van der Waals surface area contributed by atoms with E-state index in [2.05, 4.69) is 15.1 Å². The molecule has 0 bridgehead atoms. The van der Waals surface area contributed by atoms with Crippen molar-refractivity contribution in [2.24, 2.45) is 0 Å². The van der Waals surface area contributed by atoms with E-state index < -0.39 is 0 Å². The molecule has 1 N–H and O–H groups in total. The number of fused-ring (bicyclic) bond motifs is 1. The van der Waals surface area contributed by atoms with Gasteiger partial charge in [0.25, 0.3) is 5.89 Å². The molecule has 0 atom stereocenters. The molecule has 0 fully saturated rings. The van der Waals surface area contributed by atoms with Gasteiger partial charge >= 0.3 is 0 Å². The maximum atomic E-state index is 8.91. The Morgan fingerprint density at radius 2 is 2.06 bits per heavy atom. The Morgan fingerprint density at radius 1 is 1.18 bits per heavy atom. The molecule has 2 aromatic heterocycles. The van der Waals surface area contributed by atoms with Crippen LogP contribution >= 0.6 is 0 Å². The second kappa shape index (κ2) is 3.95. The van der Waals surface area contributed by atoms with Crippen molar-refractivity contribution in [2.45, 2.75) is 6.61 Å². The fourth-order valence-electron chi connectivity index (χ4n) is 1.71. The second-order valence-electron chi connectivity index (χ2n) is 3.55. The number of para-hydroxylation sites is 1. The number of nitrogens with zero attached hydrogens (tertiary/aromatic N) is 3. The summed E-state index contributed by atoms with van der Waals surface area (Å²) in [5, 5.41) is 13.5. The zero-order valence-electron chi connectivity index (χ0n) is 8.87. The van der Waals surface area contributed by atoms with Crippen molar-refractivity contribution >= 4 is 10.9 Å². The summed E-state index contributed by atoms with van der Waals surface area (Å²) in [7, 11) is 0. The van der Waals surface area contributed by atoms with Crippen molar-refractivity contribution in [1.82, 2.24) is 15.1 Å². The third kappa shape index (κ3) is 1.66. The highest BCUT2D eigenvalue weighted by Gasteiger charge is 2.11. The molecule has 0 unspecified atom stereocenters. The summed E-state index contributed by atoms with van der Waals surface area (Å²) in [6, 6.07) is 9.53. The summed E-state index contributed by atoms with van der Waals surface area (Å²) < 4.78 is 5.10. The number of pyridine rings is 1. The lowest BCUT2D eigenvalue weighted by Gasteiger charge is -2.00. The molecule has 0 radical (unpaired) electrons. The zero-order chi connectivity index (χ0) is 11.7. The average molecular weight is 227 g/mol. The first-order valence-corrected chi connectivity index (χ1v) is 5.16. The van der Waals surface area contributed by atoms with Crippen LogP contribution in [-0.2, 0) is 6.61 Å². The molecule has 0 aliphatic heterocycles. The van der Waals surface area contributed by atoms with E-state index in [9.17, 15) is 0 Å². The molecule has 5 heteroatoms. The van der Waals surface area contributed by atoms with Gasteiger partial charge in [-0.15, -0.1) is 0 Å². The Bertz CT molecular complexity index is 658. The van der Waals surface area contributed by atoms with Crippen LogP contribution in [0, 0.1) is 0 Å². The standard InChI is InChI=1S/C12H9N3O2/c16-7-11-14-12(17-15-11)9-5-6-13-10-4-2-1-3-8(9)10/h1-6,16H,7H2. The fraction of sp³-hybridized carbons (Fsp3) is 0.0833. The van der Waals surface area contributed by atoms with Crippen molar-refractivity contribution in [1.29, 1.82) is 0 Å². The molecule has 0 spiro atoms. The van der Waals surface area contributed by atoms with Crippen molar-refractivity contribution < 1.29 is 9.63 Å². The highest BCUT2D eigenvalue weighted by atomic mass is 16.5. The maximum absolute atomic E-state index is 8.91. The predicted octanol–water partition coefficient (Wildman–Crippen LogP) is 1.78. The van der Waals surface area contributed by atoms with Crippen molar-refractivity contribution in [3.63, 3.8) is 0 Å². The third-order valence-corrected chi connectivity index (χ3v) is 2.49. The Morgan fingerprint density at radius 3 is 2.88 bits per heavy atom. The van der Waals surface area contributed by atoms with E-state index >= 15 is 0 Å². The van der Waals surface area contributed by atoms with Gasteiger partial charge < -0.3 is 9.63 Å². The summed E-state index contributed by atoms with van der Waals surface area (Å²) in [5.41, 5.74) is 1.69. The predicted molar refractivity (Wildman–Crippen MR) is 61.0 cm³/mol. The van der Waals surface area contributed by atoms with Gasteiger partial charge in [0, 0.05) is 11.6 Å². The minimum Gasteiger partial charge on any atom is -0.388 e. The zero-order valence-corrected chi connectivity index (χ0v) is 8.87. The molecule has 5 nitrogen and oxygen atoms in total. The molecule has 84 valence electrons. The van der Waals surface area contributed by atoms with E-state index in [4.69, 9.17) is 9.63 Å². The van der Waals surface area contributed by atoms with Gasteiger partial charge in [0.15, 0.2) is 5.82 Å². The van der Waals surface area contributed by atoms with E-state index in [0.29, 0.717) is 5.89 Å². The van der Waals surface area contributed by atoms with Gasteiger partial charge in [-0.1, -0.05) is 23.4 Å². The summed E-state index contributed by atoms with van der Waals surface area (Å²) in [6.07, 6.45) is 1.69. The Labute approximate surface area is 96.7 Å². The van der Waals surface area contributed by atoms with Gasteiger partial charge in [-0.2, -0.15) is 4.98 Å². The number of aromatic nitrogens is 3. The van der Waals surface area contributed by atoms with Crippen LogP contribution in [-0.4, -0.2) is 20.2 Å². The van der Waals surface area contributed by atoms with Crippen LogP contribution < -0.4 is 0 Å². The van der Waals surface area contributed by atoms with E-state index in [1.807, 2.05) is 30.3 Å². The first-order chi connectivity index (χ1) is 8.38. The quantitative estimate of drug-likeness (QED) is 0.722. The van der Waals surface area contributed by atoms with Crippen LogP contribution in [0.25, 0.3) is 22.4 Å². The molecular formula is C12H9N3O2. The van der Waals surface area contributed by atoms with E-state index in [1.165, 1.54) is 0 Å². The van der Waals surface area contributed by atoms with E-state index in [-0.39, 0.29) is 12.4 Å². The van der Waals surface area contributed by atoms with Crippen molar-refractivity contribution in [2.75, 3.05) is 0 Å². The second-order valence-corrected chi connectivity index (χ2v) is 3.55. The minimum atomic E-state index is -0.230. The minimum absolute atomic E-state index is 0.230. The van der Waals surface area contributed by atoms with Crippen molar-refractivity contribution in [3.8, 4) is 11.5 Å². The average Bonchev–Trinajstić information content (AvgIpc) is 2.87. The third-order valence-electron chi connectivity index (χ3n) is 2.49. The van der Waals surface area contributed by atoms with Gasteiger partial charge in [0.05, 0.1) is 11.1 Å². The van der Waals surface area contributed by atoms with Crippen LogP contribution in [0.2, 0.25) is 0 Å². The highest BCUT2D eigenvalue weighted by Crippen LogP contribution is 2.25. The van der Waals surface area contributed by atoms with Crippen LogP contribution in [0.4, 0.5) is 0 Å². The van der Waals surface area contributed by atoms with Crippen LogP contribution in [0.5, 0.6) is 0 Å². The van der Waals surface area contributed by atoms with Crippen LogP contribution in [0.15, 0.2) is 41.1 Å². The summed E-state index contributed by atoms with van der Waals surface area (Å²) in [6.45, 7) is -0.230. The largest absolute Gasteiger partial charge is 0.388 e. The Kier molecular flexibility index (Phi) is 2.31. The molecule has 3 aromatic rings. The summed E-state index contributed by atoms with van der Waals surface area (Å²) in [5.74, 6) is 0.675. The first kappa shape index (κ1) is 9.92. The molecule has 0 aliphatic carbocycles. The lowest BCUT2D eigenvalue weighted by Crippen LogP contribution is -1.86. The summed E-state index contributed by atoms with van der Waals surface area (Å²) in [4.78, 5) is 8.35. The van der Waals surface area contributed by atoms with Crippen LogP contribution in [0.1, 0.15) is 5.82 Å². The van der Waals surface area contributed by atoms with E-state index in [0.717, 1.165) is 16.5 Å². The van der Waals surface area contributed by atoms with Gasteiger partial charge in [-0.3, -0.25) is 4.98 Å². The normalized spacial score (nSPS) is 10.9. The number of aliphatic hydroxyl groups excluding tert-OH is 1. The lowest BCUT2D eigenvalue weighted by atomic mass is 10.1. The molecule has 0 amide bonds.